The van der Waals surface area contributed by atoms with E-state index in [0.29, 0.717) is 17.6 Å². The maximum Gasteiger partial charge on any atom is 0.166 e. The number of hydrogen-bond acceptors (Lipinski definition) is 2. The molecule has 4 heteroatoms. The number of nitrogens with one attached hydrogen (secondary N) is 2. The maximum absolute atomic E-state index is 5.22. The smallest absolute Gasteiger partial charge is 0.166 e. The van der Waals surface area contributed by atoms with Gasteiger partial charge in [0, 0.05) is 19.7 Å². The number of thiocarbonyl (C=S) groups is 1. The van der Waals surface area contributed by atoms with Gasteiger partial charge >= 0.3 is 0 Å². The zero-order chi connectivity index (χ0) is 12.8. The molecule has 0 rings (SSSR count). The third-order valence-corrected chi connectivity index (χ3v) is 3.32. The number of ether oxygens (including phenoxy) is 1. The molecular formula is C12H26N2OS. The SMILES string of the molecule is COCC(C)NC(=S)NCC(C)(C)C(C)C. The van der Waals surface area contributed by atoms with Gasteiger partial charge in [-0.15, -0.1) is 0 Å². The van der Waals surface area contributed by atoms with Crippen molar-refractivity contribution in [2.24, 2.45) is 11.3 Å². The fourth-order valence-electron chi connectivity index (χ4n) is 1.08. The Labute approximate surface area is 105 Å². The molecule has 3 nitrogen and oxygen atoms in total. The van der Waals surface area contributed by atoms with E-state index >= 15 is 0 Å². The summed E-state index contributed by atoms with van der Waals surface area (Å²) in [4.78, 5) is 0. The van der Waals surface area contributed by atoms with Crippen molar-refractivity contribution in [3.8, 4) is 0 Å². The molecule has 2 N–H and O–H groups in total. The van der Waals surface area contributed by atoms with E-state index in [4.69, 9.17) is 17.0 Å². The quantitative estimate of drug-likeness (QED) is 0.704. The monoisotopic (exact) mass is 246 g/mol. The summed E-state index contributed by atoms with van der Waals surface area (Å²) >= 11 is 5.22. The molecule has 0 aliphatic rings. The topological polar surface area (TPSA) is 33.3 Å². The van der Waals surface area contributed by atoms with Crippen molar-refractivity contribution < 1.29 is 4.74 Å². The van der Waals surface area contributed by atoms with Crippen LogP contribution in [-0.4, -0.2) is 31.4 Å². The van der Waals surface area contributed by atoms with Gasteiger partial charge in [0.25, 0.3) is 0 Å². The summed E-state index contributed by atoms with van der Waals surface area (Å²) in [5, 5.41) is 7.15. The Balaban J connectivity index is 3.90. The first kappa shape index (κ1) is 15.7. The van der Waals surface area contributed by atoms with Crippen molar-refractivity contribution in [1.82, 2.24) is 10.6 Å². The molecule has 16 heavy (non-hydrogen) atoms. The average Bonchev–Trinajstić information content (AvgIpc) is 2.15. The van der Waals surface area contributed by atoms with Crippen LogP contribution >= 0.6 is 12.2 Å². The lowest BCUT2D eigenvalue weighted by atomic mass is 9.81. The molecule has 0 amide bonds. The molecule has 96 valence electrons. The molecule has 0 fully saturated rings. The Morgan fingerprint density at radius 1 is 1.31 bits per heavy atom. The van der Waals surface area contributed by atoms with E-state index in [2.05, 4.69) is 38.3 Å². The van der Waals surface area contributed by atoms with Gasteiger partial charge in [0.05, 0.1) is 6.61 Å². The molecule has 0 aromatic rings. The standard InChI is InChI=1S/C12H26N2OS/c1-9(2)12(4,5)8-13-11(16)14-10(3)7-15-6/h9-10H,7-8H2,1-6H3,(H2,13,14,16). The summed E-state index contributed by atoms with van der Waals surface area (Å²) in [5.41, 5.74) is 0.246. The van der Waals surface area contributed by atoms with Crippen molar-refractivity contribution in [3.05, 3.63) is 0 Å². The second kappa shape index (κ2) is 7.07. The van der Waals surface area contributed by atoms with Crippen LogP contribution in [0, 0.1) is 11.3 Å². The van der Waals surface area contributed by atoms with Crippen LogP contribution < -0.4 is 10.6 Å². The number of hydrogen-bond donors (Lipinski definition) is 2. The zero-order valence-electron chi connectivity index (χ0n) is 11.4. The Bertz CT molecular complexity index is 217. The highest BCUT2D eigenvalue weighted by atomic mass is 32.1. The first-order valence-corrected chi connectivity index (χ1v) is 6.23. The maximum atomic E-state index is 5.22. The molecule has 0 aliphatic heterocycles. The highest BCUT2D eigenvalue weighted by Gasteiger charge is 2.22. The van der Waals surface area contributed by atoms with E-state index in [-0.39, 0.29) is 11.5 Å². The van der Waals surface area contributed by atoms with E-state index in [1.807, 2.05) is 6.92 Å². The lowest BCUT2D eigenvalue weighted by Gasteiger charge is -2.30. The second-order valence-electron chi connectivity index (χ2n) is 5.33. The molecule has 0 aromatic heterocycles. The lowest BCUT2D eigenvalue weighted by molar-refractivity contribution is 0.179. The minimum absolute atomic E-state index is 0.243. The molecule has 0 spiro atoms. The van der Waals surface area contributed by atoms with Crippen LogP contribution in [0.5, 0.6) is 0 Å². The second-order valence-corrected chi connectivity index (χ2v) is 5.73. The van der Waals surface area contributed by atoms with Gasteiger partial charge in [0.15, 0.2) is 5.11 Å². The third-order valence-electron chi connectivity index (χ3n) is 3.06. The lowest BCUT2D eigenvalue weighted by Crippen LogP contribution is -2.46. The fraction of sp³-hybridized carbons (Fsp3) is 0.917. The first-order valence-electron chi connectivity index (χ1n) is 5.83. The van der Waals surface area contributed by atoms with E-state index in [9.17, 15) is 0 Å². The Morgan fingerprint density at radius 3 is 2.31 bits per heavy atom. The molecule has 0 bridgehead atoms. The van der Waals surface area contributed by atoms with Crippen LogP contribution in [-0.2, 0) is 4.74 Å². The predicted molar refractivity (Wildman–Crippen MR) is 73.7 cm³/mol. The molecular weight excluding hydrogens is 220 g/mol. The minimum atomic E-state index is 0.243. The average molecular weight is 246 g/mol. The Kier molecular flexibility index (Phi) is 6.91. The molecule has 0 saturated heterocycles. The summed E-state index contributed by atoms with van der Waals surface area (Å²) < 4.78 is 5.04. The highest BCUT2D eigenvalue weighted by Crippen LogP contribution is 2.24. The van der Waals surface area contributed by atoms with Gasteiger partial charge in [-0.05, 0) is 30.5 Å². The molecule has 0 aromatic carbocycles. The predicted octanol–water partition coefficient (Wildman–Crippen LogP) is 2.17. The molecule has 0 aliphatic carbocycles. The van der Waals surface area contributed by atoms with Gasteiger partial charge in [0.2, 0.25) is 0 Å². The van der Waals surface area contributed by atoms with Crippen LogP contribution in [0.3, 0.4) is 0 Å². The van der Waals surface area contributed by atoms with Gasteiger partial charge in [-0.3, -0.25) is 0 Å². The highest BCUT2D eigenvalue weighted by molar-refractivity contribution is 7.80. The molecule has 0 saturated carbocycles. The van der Waals surface area contributed by atoms with Crippen LogP contribution in [0.1, 0.15) is 34.6 Å². The van der Waals surface area contributed by atoms with E-state index in [1.54, 1.807) is 7.11 Å². The third kappa shape index (κ3) is 6.28. The van der Waals surface area contributed by atoms with E-state index in [1.165, 1.54) is 0 Å². The van der Waals surface area contributed by atoms with E-state index in [0.717, 1.165) is 6.54 Å². The Hall–Kier alpha value is -0.350. The van der Waals surface area contributed by atoms with Gasteiger partial charge in [-0.2, -0.15) is 0 Å². The van der Waals surface area contributed by atoms with Crippen LogP contribution in [0.4, 0.5) is 0 Å². The number of rotatable bonds is 6. The summed E-state index contributed by atoms with van der Waals surface area (Å²) in [6, 6.07) is 0.243. The largest absolute Gasteiger partial charge is 0.383 e. The summed E-state index contributed by atoms with van der Waals surface area (Å²) in [6.07, 6.45) is 0. The van der Waals surface area contributed by atoms with Gasteiger partial charge in [-0.1, -0.05) is 27.7 Å². The minimum Gasteiger partial charge on any atom is -0.383 e. The summed E-state index contributed by atoms with van der Waals surface area (Å²) in [5.74, 6) is 0.624. The van der Waals surface area contributed by atoms with E-state index < -0.39 is 0 Å². The van der Waals surface area contributed by atoms with Crippen LogP contribution in [0.15, 0.2) is 0 Å². The number of methoxy groups -OCH3 is 1. The van der Waals surface area contributed by atoms with Crippen molar-refractivity contribution in [1.29, 1.82) is 0 Å². The molecule has 0 radical (unpaired) electrons. The van der Waals surface area contributed by atoms with Crippen molar-refractivity contribution in [2.75, 3.05) is 20.3 Å². The van der Waals surface area contributed by atoms with Crippen LogP contribution in [0.2, 0.25) is 0 Å². The van der Waals surface area contributed by atoms with Crippen molar-refractivity contribution >= 4 is 17.3 Å². The summed E-state index contributed by atoms with van der Waals surface area (Å²) in [7, 11) is 1.69. The van der Waals surface area contributed by atoms with Crippen molar-refractivity contribution in [2.45, 2.75) is 40.7 Å². The van der Waals surface area contributed by atoms with Gasteiger partial charge in [0.1, 0.15) is 0 Å². The molecule has 0 heterocycles. The van der Waals surface area contributed by atoms with Crippen molar-refractivity contribution in [3.63, 3.8) is 0 Å². The summed E-state index contributed by atoms with van der Waals surface area (Å²) in [6.45, 7) is 12.5. The first-order chi connectivity index (χ1) is 7.29. The van der Waals surface area contributed by atoms with Gasteiger partial charge in [-0.25, -0.2) is 0 Å². The van der Waals surface area contributed by atoms with Gasteiger partial charge < -0.3 is 15.4 Å². The molecule has 1 unspecified atom stereocenters. The fourth-order valence-corrected chi connectivity index (χ4v) is 1.35. The van der Waals surface area contributed by atoms with Crippen LogP contribution in [0.25, 0.3) is 0 Å². The zero-order valence-corrected chi connectivity index (χ0v) is 12.2. The Morgan fingerprint density at radius 2 is 1.88 bits per heavy atom. The normalized spacial score (nSPS) is 13.7. The molecule has 1 atom stereocenters.